The Balaban J connectivity index is 2.00. The van der Waals surface area contributed by atoms with Gasteiger partial charge in [0.25, 0.3) is 0 Å². The molecule has 0 saturated heterocycles. The van der Waals surface area contributed by atoms with Crippen LogP contribution in [0.2, 0.25) is 0 Å². The van der Waals surface area contributed by atoms with E-state index in [0.717, 1.165) is 22.5 Å². The van der Waals surface area contributed by atoms with Crippen molar-refractivity contribution in [3.63, 3.8) is 0 Å². The molecule has 18 heavy (non-hydrogen) atoms. The molecule has 0 unspecified atom stereocenters. The number of nitrogens with zero attached hydrogens (tertiary/aromatic N) is 4. The van der Waals surface area contributed by atoms with Crippen molar-refractivity contribution in [2.24, 2.45) is 0 Å². The Morgan fingerprint density at radius 3 is 2.72 bits per heavy atom. The Morgan fingerprint density at radius 2 is 1.94 bits per heavy atom. The van der Waals surface area contributed by atoms with Crippen LogP contribution in [0.15, 0.2) is 48.8 Å². The van der Waals surface area contributed by atoms with Crippen LogP contribution in [0.1, 0.15) is 5.56 Å². The Morgan fingerprint density at radius 1 is 1.11 bits per heavy atom. The molecule has 0 N–H and O–H groups in total. The molecule has 0 saturated carbocycles. The highest BCUT2D eigenvalue weighted by Gasteiger charge is 2.02. The molecule has 2 heterocycles. The number of rotatable bonds is 2. The largest absolute Gasteiger partial charge is 0.236 e. The van der Waals surface area contributed by atoms with Crippen LogP contribution in [-0.2, 0) is 6.42 Å². The van der Waals surface area contributed by atoms with E-state index in [9.17, 15) is 0 Å². The second-order valence-corrected chi connectivity index (χ2v) is 3.98. The number of fused-ring (bicyclic) bond motifs is 1. The van der Waals surface area contributed by atoms with Crippen LogP contribution in [-0.4, -0.2) is 14.6 Å². The van der Waals surface area contributed by atoms with E-state index in [2.05, 4.69) is 16.2 Å². The van der Waals surface area contributed by atoms with Crippen molar-refractivity contribution in [1.82, 2.24) is 14.6 Å². The fraction of sp³-hybridized carbons (Fsp3) is 0.0714. The van der Waals surface area contributed by atoms with E-state index in [1.54, 1.807) is 10.7 Å². The fourth-order valence-corrected chi connectivity index (χ4v) is 1.85. The van der Waals surface area contributed by atoms with Gasteiger partial charge in [0.05, 0.1) is 18.2 Å². The molecule has 0 radical (unpaired) electrons. The Labute approximate surface area is 104 Å². The van der Waals surface area contributed by atoms with Crippen molar-refractivity contribution in [1.29, 1.82) is 5.26 Å². The van der Waals surface area contributed by atoms with Crippen molar-refractivity contribution in [2.75, 3.05) is 0 Å². The van der Waals surface area contributed by atoms with Crippen LogP contribution in [0.4, 0.5) is 0 Å². The zero-order chi connectivity index (χ0) is 12.4. The summed E-state index contributed by atoms with van der Waals surface area (Å²) < 4.78 is 1.75. The first-order chi connectivity index (χ1) is 8.86. The second-order valence-electron chi connectivity index (χ2n) is 3.98. The van der Waals surface area contributed by atoms with Gasteiger partial charge in [0.2, 0.25) is 0 Å². The van der Waals surface area contributed by atoms with Gasteiger partial charge in [-0.25, -0.2) is 9.50 Å². The van der Waals surface area contributed by atoms with Gasteiger partial charge in [-0.2, -0.15) is 10.4 Å². The molecule has 3 aromatic rings. The second kappa shape index (κ2) is 4.30. The maximum Gasteiger partial charge on any atom is 0.153 e. The molecular formula is C14H10N4. The third-order valence-electron chi connectivity index (χ3n) is 2.79. The molecule has 0 spiro atoms. The summed E-state index contributed by atoms with van der Waals surface area (Å²) in [5, 5.41) is 13.1. The summed E-state index contributed by atoms with van der Waals surface area (Å²) in [4.78, 5) is 4.16. The lowest BCUT2D eigenvalue weighted by atomic mass is 10.1. The van der Waals surface area contributed by atoms with Crippen LogP contribution in [0.5, 0.6) is 0 Å². The fourth-order valence-electron chi connectivity index (χ4n) is 1.85. The number of imidazole rings is 1. The van der Waals surface area contributed by atoms with Crippen molar-refractivity contribution in [3.05, 3.63) is 54.4 Å². The number of benzene rings is 1. The summed E-state index contributed by atoms with van der Waals surface area (Å²) in [6.45, 7) is 0. The Hall–Kier alpha value is -2.67. The van der Waals surface area contributed by atoms with Gasteiger partial charge in [-0.05, 0) is 17.7 Å². The summed E-state index contributed by atoms with van der Waals surface area (Å²) in [5.74, 6) is 0. The van der Waals surface area contributed by atoms with Crippen LogP contribution < -0.4 is 0 Å². The molecule has 86 valence electrons. The van der Waals surface area contributed by atoms with E-state index in [4.69, 9.17) is 5.26 Å². The van der Waals surface area contributed by atoms with E-state index in [-0.39, 0.29) is 0 Å². The standard InChI is InChI=1S/C14H10N4/c15-8-7-11-1-3-12(4-2-11)13-5-6-14-16-9-10-18(14)17-13/h1-6,9-10H,7H2. The highest BCUT2D eigenvalue weighted by atomic mass is 15.2. The monoisotopic (exact) mass is 234 g/mol. The first-order valence-corrected chi connectivity index (χ1v) is 5.63. The maximum absolute atomic E-state index is 8.63. The van der Waals surface area contributed by atoms with E-state index in [1.165, 1.54) is 0 Å². The van der Waals surface area contributed by atoms with E-state index < -0.39 is 0 Å². The van der Waals surface area contributed by atoms with Crippen molar-refractivity contribution >= 4 is 5.65 Å². The van der Waals surface area contributed by atoms with E-state index in [1.807, 2.05) is 42.6 Å². The molecule has 0 atom stereocenters. The molecule has 0 aliphatic rings. The predicted molar refractivity (Wildman–Crippen MR) is 67.7 cm³/mol. The molecule has 0 aliphatic carbocycles. The van der Waals surface area contributed by atoms with Gasteiger partial charge >= 0.3 is 0 Å². The number of hydrogen-bond donors (Lipinski definition) is 0. The first kappa shape index (κ1) is 10.5. The summed E-state index contributed by atoms with van der Waals surface area (Å²) >= 11 is 0. The van der Waals surface area contributed by atoms with Crippen LogP contribution in [0.3, 0.4) is 0 Å². The van der Waals surface area contributed by atoms with Gasteiger partial charge in [-0.15, -0.1) is 0 Å². The molecule has 0 aliphatic heterocycles. The van der Waals surface area contributed by atoms with Gasteiger partial charge in [-0.1, -0.05) is 24.3 Å². The zero-order valence-electron chi connectivity index (χ0n) is 9.61. The molecule has 1 aromatic carbocycles. The minimum atomic E-state index is 0.439. The number of hydrogen-bond acceptors (Lipinski definition) is 3. The third kappa shape index (κ3) is 1.82. The lowest BCUT2D eigenvalue weighted by molar-refractivity contribution is 0.942. The van der Waals surface area contributed by atoms with Gasteiger partial charge < -0.3 is 0 Å². The lowest BCUT2D eigenvalue weighted by Crippen LogP contribution is -1.93. The Bertz CT molecular complexity index is 719. The highest BCUT2D eigenvalue weighted by Crippen LogP contribution is 2.17. The maximum atomic E-state index is 8.63. The van der Waals surface area contributed by atoms with E-state index in [0.29, 0.717) is 6.42 Å². The predicted octanol–water partition coefficient (Wildman–Crippen LogP) is 2.46. The Kier molecular flexibility index (Phi) is 2.50. The average molecular weight is 234 g/mol. The zero-order valence-corrected chi connectivity index (χ0v) is 9.61. The van der Waals surface area contributed by atoms with Crippen molar-refractivity contribution in [3.8, 4) is 17.3 Å². The molecule has 4 nitrogen and oxygen atoms in total. The average Bonchev–Trinajstić information content (AvgIpc) is 2.87. The summed E-state index contributed by atoms with van der Waals surface area (Å²) in [6.07, 6.45) is 3.99. The number of nitriles is 1. The van der Waals surface area contributed by atoms with Crippen LogP contribution >= 0.6 is 0 Å². The molecular weight excluding hydrogens is 224 g/mol. The first-order valence-electron chi connectivity index (χ1n) is 5.63. The molecule has 0 amide bonds. The quantitative estimate of drug-likeness (QED) is 0.684. The van der Waals surface area contributed by atoms with Crippen molar-refractivity contribution < 1.29 is 0 Å². The molecule has 3 rings (SSSR count). The number of aromatic nitrogens is 3. The van der Waals surface area contributed by atoms with Crippen LogP contribution in [0, 0.1) is 11.3 Å². The van der Waals surface area contributed by atoms with Crippen LogP contribution in [0.25, 0.3) is 16.9 Å². The van der Waals surface area contributed by atoms with Gasteiger partial charge in [0.1, 0.15) is 0 Å². The van der Waals surface area contributed by atoms with Gasteiger partial charge in [0, 0.05) is 18.0 Å². The van der Waals surface area contributed by atoms with Gasteiger partial charge in [-0.3, -0.25) is 0 Å². The highest BCUT2D eigenvalue weighted by molar-refractivity contribution is 5.60. The smallest absolute Gasteiger partial charge is 0.153 e. The lowest BCUT2D eigenvalue weighted by Gasteiger charge is -2.02. The summed E-state index contributed by atoms with van der Waals surface area (Å²) in [6, 6.07) is 13.9. The topological polar surface area (TPSA) is 54.0 Å². The van der Waals surface area contributed by atoms with E-state index >= 15 is 0 Å². The van der Waals surface area contributed by atoms with Gasteiger partial charge in [0.15, 0.2) is 5.65 Å². The minimum absolute atomic E-state index is 0.439. The van der Waals surface area contributed by atoms with Crippen molar-refractivity contribution in [2.45, 2.75) is 6.42 Å². The molecule has 0 bridgehead atoms. The summed E-state index contributed by atoms with van der Waals surface area (Å²) in [7, 11) is 0. The molecule has 2 aromatic heterocycles. The normalized spacial score (nSPS) is 10.4. The molecule has 4 heteroatoms. The molecule has 0 fully saturated rings. The third-order valence-corrected chi connectivity index (χ3v) is 2.79. The minimum Gasteiger partial charge on any atom is -0.236 e. The SMILES string of the molecule is N#CCc1ccc(-c2ccc3nccn3n2)cc1. The summed E-state index contributed by atoms with van der Waals surface area (Å²) in [5.41, 5.74) is 3.78.